The maximum absolute atomic E-state index is 4.89. The van der Waals surface area contributed by atoms with Crippen LogP contribution in [0.25, 0.3) is 5.82 Å². The van der Waals surface area contributed by atoms with Crippen LogP contribution in [0.4, 0.5) is 0 Å². The van der Waals surface area contributed by atoms with Crippen molar-refractivity contribution in [3.8, 4) is 5.82 Å². The van der Waals surface area contributed by atoms with Crippen molar-refractivity contribution in [1.82, 2.24) is 24.8 Å². The summed E-state index contributed by atoms with van der Waals surface area (Å²) < 4.78 is 1.91. The number of fused-ring (bicyclic) bond motifs is 1. The lowest BCUT2D eigenvalue weighted by molar-refractivity contribution is 0.299. The smallest absolute Gasteiger partial charge is 0.194 e. The van der Waals surface area contributed by atoms with Gasteiger partial charge in [0.25, 0.3) is 0 Å². The first kappa shape index (κ1) is 20.1. The predicted molar refractivity (Wildman–Crippen MR) is 119 cm³/mol. The maximum Gasteiger partial charge on any atom is 0.194 e. The van der Waals surface area contributed by atoms with E-state index in [0.29, 0.717) is 6.54 Å². The largest absolute Gasteiger partial charge is 0.357 e. The molecule has 0 amide bonds. The molecule has 2 atom stereocenters. The topological polar surface area (TPSA) is 58.3 Å². The van der Waals surface area contributed by atoms with Gasteiger partial charge in [-0.25, -0.2) is 15.0 Å². The Hall–Kier alpha value is -1.64. The van der Waals surface area contributed by atoms with Crippen LogP contribution in [0, 0.1) is 11.8 Å². The van der Waals surface area contributed by atoms with E-state index in [9.17, 15) is 0 Å². The number of hydrogen-bond acceptors (Lipinski definition) is 3. The van der Waals surface area contributed by atoms with Crippen LogP contribution in [0.1, 0.15) is 38.2 Å². The number of halogens is 1. The summed E-state index contributed by atoms with van der Waals surface area (Å²) in [6, 6.07) is 4.11. The summed E-state index contributed by atoms with van der Waals surface area (Å²) in [6.07, 6.45) is 12.9. The molecule has 2 aromatic heterocycles. The highest BCUT2D eigenvalue weighted by atomic mass is 127. The Bertz CT molecular complexity index is 713. The third-order valence-corrected chi connectivity index (χ3v) is 5.60. The molecule has 1 saturated heterocycles. The maximum atomic E-state index is 4.89. The van der Waals surface area contributed by atoms with Crippen molar-refractivity contribution in [2.45, 2.75) is 39.2 Å². The minimum absolute atomic E-state index is 0. The van der Waals surface area contributed by atoms with Crippen LogP contribution in [0.15, 0.2) is 42.0 Å². The quantitative estimate of drug-likeness (QED) is 0.414. The van der Waals surface area contributed by atoms with Crippen molar-refractivity contribution in [3.63, 3.8) is 0 Å². The molecule has 1 N–H and O–H groups in total. The molecule has 2 fully saturated rings. The first-order valence-corrected chi connectivity index (χ1v) is 9.80. The molecule has 0 bridgehead atoms. The van der Waals surface area contributed by atoms with E-state index in [1.165, 1.54) is 25.7 Å². The monoisotopic (exact) mass is 480 g/mol. The number of nitrogens with one attached hydrogen (secondary N) is 1. The van der Waals surface area contributed by atoms with E-state index in [4.69, 9.17) is 4.99 Å². The molecule has 7 heteroatoms. The molecule has 1 aliphatic carbocycles. The van der Waals surface area contributed by atoms with Gasteiger partial charge in [-0.2, -0.15) is 0 Å². The molecular formula is C20H29IN6. The van der Waals surface area contributed by atoms with E-state index in [1.54, 1.807) is 12.5 Å². The van der Waals surface area contributed by atoms with Crippen LogP contribution >= 0.6 is 24.0 Å². The van der Waals surface area contributed by atoms with Gasteiger partial charge in [-0.05, 0) is 43.2 Å². The van der Waals surface area contributed by atoms with Crippen molar-refractivity contribution in [1.29, 1.82) is 0 Å². The van der Waals surface area contributed by atoms with E-state index >= 15 is 0 Å². The third kappa shape index (κ3) is 4.80. The fraction of sp³-hybridized carbons (Fsp3) is 0.550. The van der Waals surface area contributed by atoms with Crippen molar-refractivity contribution in [3.05, 3.63) is 42.6 Å². The number of guanidine groups is 1. The van der Waals surface area contributed by atoms with Crippen LogP contribution < -0.4 is 5.32 Å². The number of hydrogen-bond donors (Lipinski definition) is 1. The minimum Gasteiger partial charge on any atom is -0.357 e. The summed E-state index contributed by atoms with van der Waals surface area (Å²) in [4.78, 5) is 15.9. The molecule has 0 aromatic carbocycles. The highest BCUT2D eigenvalue weighted by Crippen LogP contribution is 2.35. The number of aromatic nitrogens is 3. The second-order valence-corrected chi connectivity index (χ2v) is 7.37. The zero-order valence-electron chi connectivity index (χ0n) is 15.9. The second-order valence-electron chi connectivity index (χ2n) is 7.37. The first-order chi connectivity index (χ1) is 12.8. The van der Waals surface area contributed by atoms with Gasteiger partial charge in [0.2, 0.25) is 0 Å². The number of imidazole rings is 1. The molecule has 4 rings (SSSR count). The molecule has 6 nitrogen and oxygen atoms in total. The highest BCUT2D eigenvalue weighted by Gasteiger charge is 2.35. The Morgan fingerprint density at radius 3 is 2.59 bits per heavy atom. The van der Waals surface area contributed by atoms with Crippen molar-refractivity contribution < 1.29 is 0 Å². The number of likely N-dealkylation sites (tertiary alicyclic amines) is 1. The van der Waals surface area contributed by atoms with Gasteiger partial charge in [0.1, 0.15) is 12.1 Å². The summed E-state index contributed by atoms with van der Waals surface area (Å²) in [7, 11) is 0. The normalized spacial score (nSPS) is 22.3. The van der Waals surface area contributed by atoms with Crippen LogP contribution in [0.3, 0.4) is 0 Å². The second kappa shape index (κ2) is 9.52. The average Bonchev–Trinajstić information content (AvgIpc) is 3.35. The number of nitrogens with zero attached hydrogens (tertiary/aromatic N) is 5. The fourth-order valence-corrected chi connectivity index (χ4v) is 4.23. The number of aliphatic imine (C=N–C) groups is 1. The fourth-order valence-electron chi connectivity index (χ4n) is 4.23. The predicted octanol–water partition coefficient (Wildman–Crippen LogP) is 3.47. The van der Waals surface area contributed by atoms with Crippen LogP contribution in [0.5, 0.6) is 0 Å². The van der Waals surface area contributed by atoms with Gasteiger partial charge in [-0.1, -0.05) is 18.9 Å². The molecule has 1 saturated carbocycles. The molecule has 0 spiro atoms. The Balaban J connectivity index is 0.00000210. The summed E-state index contributed by atoms with van der Waals surface area (Å²) >= 11 is 0. The van der Waals surface area contributed by atoms with Gasteiger partial charge >= 0.3 is 0 Å². The van der Waals surface area contributed by atoms with Gasteiger partial charge in [-0.15, -0.1) is 24.0 Å². The van der Waals surface area contributed by atoms with Crippen LogP contribution in [-0.2, 0) is 6.54 Å². The third-order valence-electron chi connectivity index (χ3n) is 5.60. The number of pyridine rings is 1. The molecule has 1 aliphatic heterocycles. The van der Waals surface area contributed by atoms with E-state index in [2.05, 4.69) is 33.2 Å². The van der Waals surface area contributed by atoms with Crippen LogP contribution in [-0.4, -0.2) is 45.0 Å². The zero-order chi connectivity index (χ0) is 17.8. The van der Waals surface area contributed by atoms with Gasteiger partial charge < -0.3 is 10.2 Å². The van der Waals surface area contributed by atoms with Gasteiger partial charge in [0, 0.05) is 38.2 Å². The Morgan fingerprint density at radius 1 is 1.22 bits per heavy atom. The molecule has 2 unspecified atom stereocenters. The van der Waals surface area contributed by atoms with Gasteiger partial charge in [-0.3, -0.25) is 4.57 Å². The summed E-state index contributed by atoms with van der Waals surface area (Å²) in [6.45, 7) is 6.02. The molecule has 27 heavy (non-hydrogen) atoms. The van der Waals surface area contributed by atoms with E-state index in [0.717, 1.165) is 48.8 Å². The highest BCUT2D eigenvalue weighted by molar-refractivity contribution is 14.0. The number of rotatable bonds is 4. The summed E-state index contributed by atoms with van der Waals surface area (Å²) in [5, 5.41) is 3.48. The van der Waals surface area contributed by atoms with E-state index in [1.807, 2.05) is 23.0 Å². The lowest BCUT2D eigenvalue weighted by Gasteiger charge is -2.22. The van der Waals surface area contributed by atoms with Crippen LogP contribution in [0.2, 0.25) is 0 Å². The molecule has 2 aliphatic rings. The van der Waals surface area contributed by atoms with Crippen molar-refractivity contribution in [2.24, 2.45) is 16.8 Å². The lowest BCUT2D eigenvalue weighted by Crippen LogP contribution is -2.40. The lowest BCUT2D eigenvalue weighted by atomic mass is 9.82. The van der Waals surface area contributed by atoms with E-state index in [-0.39, 0.29) is 24.0 Å². The van der Waals surface area contributed by atoms with Gasteiger partial charge in [0.15, 0.2) is 5.96 Å². The van der Waals surface area contributed by atoms with Crippen molar-refractivity contribution >= 4 is 29.9 Å². The van der Waals surface area contributed by atoms with E-state index < -0.39 is 0 Å². The summed E-state index contributed by atoms with van der Waals surface area (Å²) in [5.41, 5.74) is 1.13. The Labute approximate surface area is 178 Å². The summed E-state index contributed by atoms with van der Waals surface area (Å²) in [5.74, 6) is 3.67. The van der Waals surface area contributed by atoms with Crippen molar-refractivity contribution in [2.75, 3.05) is 19.6 Å². The molecular weight excluding hydrogens is 451 g/mol. The first-order valence-electron chi connectivity index (χ1n) is 9.80. The standard InChI is InChI=1S/C20H28N6.HI/c1-2-22-20(26-13-17-5-3-4-6-18(17)14-26)24-12-16-7-8-19(23-11-16)25-10-9-21-15-25;/h7-11,15,17-18H,2-6,12-14H2,1H3,(H,22,24);1H. The zero-order valence-corrected chi connectivity index (χ0v) is 18.3. The Morgan fingerprint density at radius 2 is 2.00 bits per heavy atom. The Kier molecular flexibility index (Phi) is 7.09. The molecule has 3 heterocycles. The van der Waals surface area contributed by atoms with Gasteiger partial charge in [0.05, 0.1) is 6.54 Å². The molecule has 146 valence electrons. The SMILES string of the molecule is CCNC(=NCc1ccc(-n2ccnc2)nc1)N1CC2CCCCC2C1.I. The molecule has 2 aromatic rings. The molecule has 0 radical (unpaired) electrons. The average molecular weight is 480 g/mol. The minimum atomic E-state index is 0.